The van der Waals surface area contributed by atoms with E-state index in [4.69, 9.17) is 0 Å². The molecule has 0 aliphatic carbocycles. The van der Waals surface area contributed by atoms with Gasteiger partial charge in [0.2, 0.25) is 0 Å². The Balaban J connectivity index is 2.38. The van der Waals surface area contributed by atoms with Gasteiger partial charge in [-0.2, -0.15) is 0 Å². The number of aromatic nitrogens is 3. The highest BCUT2D eigenvalue weighted by molar-refractivity contribution is 6.05. The Morgan fingerprint density at radius 1 is 1.38 bits per heavy atom. The summed E-state index contributed by atoms with van der Waals surface area (Å²) in [6.07, 6.45) is 2.70. The number of H-pyrrole nitrogens is 1. The van der Waals surface area contributed by atoms with Crippen molar-refractivity contribution in [3.05, 3.63) is 50.9 Å². The molecule has 8 heteroatoms. The van der Waals surface area contributed by atoms with Gasteiger partial charge in [-0.25, -0.2) is 9.78 Å². The van der Waals surface area contributed by atoms with E-state index in [1.54, 1.807) is 37.3 Å². The van der Waals surface area contributed by atoms with Crippen LogP contribution in [0.3, 0.4) is 0 Å². The van der Waals surface area contributed by atoms with Gasteiger partial charge in [0, 0.05) is 33.5 Å². The topological polar surface area (TPSA) is 100 Å². The minimum absolute atomic E-state index is 0.148. The molecule has 0 aromatic carbocycles. The zero-order valence-electron chi connectivity index (χ0n) is 11.9. The molecule has 0 bridgehead atoms. The molecule has 0 saturated carbocycles. The Hall–Kier alpha value is -2.90. The number of hydrogen-bond donors (Lipinski definition) is 2. The number of hydrogen-bond acceptors (Lipinski definition) is 5. The molecule has 0 fully saturated rings. The molecule has 0 radical (unpaired) electrons. The van der Waals surface area contributed by atoms with Crippen LogP contribution in [-0.2, 0) is 7.05 Å². The van der Waals surface area contributed by atoms with Gasteiger partial charge in [0.25, 0.3) is 11.5 Å². The molecule has 2 aromatic heterocycles. The summed E-state index contributed by atoms with van der Waals surface area (Å²) >= 11 is 0. The normalized spacial score (nSPS) is 10.2. The molecule has 0 aliphatic rings. The Morgan fingerprint density at radius 2 is 2.10 bits per heavy atom. The summed E-state index contributed by atoms with van der Waals surface area (Å²) in [6, 6.07) is 3.35. The van der Waals surface area contributed by atoms with Crippen molar-refractivity contribution in [2.24, 2.45) is 7.05 Å². The highest BCUT2D eigenvalue weighted by Crippen LogP contribution is 2.20. The van der Waals surface area contributed by atoms with Crippen LogP contribution in [-0.4, -0.2) is 34.5 Å². The summed E-state index contributed by atoms with van der Waals surface area (Å²) in [7, 11) is 4.88. The lowest BCUT2D eigenvalue weighted by Crippen LogP contribution is -2.37. The predicted molar refractivity (Wildman–Crippen MR) is 78.8 cm³/mol. The Bertz CT molecular complexity index is 791. The average Bonchev–Trinajstić information content (AvgIpc) is 2.45. The van der Waals surface area contributed by atoms with E-state index >= 15 is 0 Å². The summed E-state index contributed by atoms with van der Waals surface area (Å²) < 4.78 is 0.838. The van der Waals surface area contributed by atoms with E-state index in [-0.39, 0.29) is 5.56 Å². The van der Waals surface area contributed by atoms with Gasteiger partial charge >= 0.3 is 5.69 Å². The summed E-state index contributed by atoms with van der Waals surface area (Å²) in [4.78, 5) is 43.6. The second-order valence-corrected chi connectivity index (χ2v) is 4.59. The number of nitrogens with zero attached hydrogens (tertiary/aromatic N) is 3. The van der Waals surface area contributed by atoms with Gasteiger partial charge in [0.1, 0.15) is 5.56 Å². The van der Waals surface area contributed by atoms with Crippen LogP contribution in [0.25, 0.3) is 0 Å². The van der Waals surface area contributed by atoms with E-state index in [1.165, 1.54) is 7.05 Å². The quantitative estimate of drug-likeness (QED) is 0.814. The summed E-state index contributed by atoms with van der Waals surface area (Å²) in [6.45, 7) is 0. The van der Waals surface area contributed by atoms with Crippen LogP contribution >= 0.6 is 0 Å². The number of anilines is 2. The van der Waals surface area contributed by atoms with Gasteiger partial charge in [0.15, 0.2) is 5.82 Å². The Labute approximate surface area is 120 Å². The number of rotatable bonds is 3. The molecular weight excluding hydrogens is 274 g/mol. The van der Waals surface area contributed by atoms with Crippen LogP contribution < -0.4 is 21.5 Å². The second kappa shape index (κ2) is 5.61. The number of carbonyl (C=O) groups is 1. The molecule has 2 rings (SSSR count). The van der Waals surface area contributed by atoms with Crippen molar-refractivity contribution < 1.29 is 4.79 Å². The van der Waals surface area contributed by atoms with Crippen molar-refractivity contribution >= 4 is 17.4 Å². The molecule has 110 valence electrons. The number of pyridine rings is 1. The second-order valence-electron chi connectivity index (χ2n) is 4.59. The molecule has 0 atom stereocenters. The van der Waals surface area contributed by atoms with Gasteiger partial charge in [-0.05, 0) is 12.1 Å². The minimum atomic E-state index is -0.661. The summed E-state index contributed by atoms with van der Waals surface area (Å²) in [5.41, 5.74) is -0.912. The van der Waals surface area contributed by atoms with Crippen LogP contribution in [0.2, 0.25) is 0 Å². The van der Waals surface area contributed by atoms with E-state index in [9.17, 15) is 14.4 Å². The lowest BCUT2D eigenvalue weighted by molar-refractivity contribution is 0.102. The third-order valence-corrected chi connectivity index (χ3v) is 2.88. The van der Waals surface area contributed by atoms with Crippen LogP contribution in [0.4, 0.5) is 11.5 Å². The van der Waals surface area contributed by atoms with Crippen molar-refractivity contribution in [3.63, 3.8) is 0 Å². The van der Waals surface area contributed by atoms with Crippen LogP contribution in [0, 0.1) is 0 Å². The molecule has 2 N–H and O–H groups in total. The molecule has 0 unspecified atom stereocenters. The zero-order valence-corrected chi connectivity index (χ0v) is 11.9. The third kappa shape index (κ3) is 2.83. The van der Waals surface area contributed by atoms with E-state index in [0.717, 1.165) is 10.8 Å². The largest absolute Gasteiger partial charge is 0.361 e. The predicted octanol–water partition coefficient (Wildman–Crippen LogP) is -0.213. The van der Waals surface area contributed by atoms with E-state index in [0.29, 0.717) is 11.5 Å². The van der Waals surface area contributed by atoms with Gasteiger partial charge in [-0.1, -0.05) is 0 Å². The molecular formula is C13H15N5O3. The van der Waals surface area contributed by atoms with Crippen molar-refractivity contribution in [2.45, 2.75) is 0 Å². The minimum Gasteiger partial charge on any atom is -0.361 e. The van der Waals surface area contributed by atoms with Crippen molar-refractivity contribution in [1.29, 1.82) is 0 Å². The summed E-state index contributed by atoms with van der Waals surface area (Å²) in [5.74, 6) is -0.0463. The average molecular weight is 289 g/mol. The van der Waals surface area contributed by atoms with Gasteiger partial charge < -0.3 is 15.2 Å². The van der Waals surface area contributed by atoms with Gasteiger partial charge in [0.05, 0.1) is 5.69 Å². The maximum absolute atomic E-state index is 12.2. The first-order valence-corrected chi connectivity index (χ1v) is 6.14. The summed E-state index contributed by atoms with van der Waals surface area (Å²) in [5, 5.41) is 2.62. The molecule has 2 aromatic rings. The Morgan fingerprint density at radius 3 is 2.76 bits per heavy atom. The maximum atomic E-state index is 12.2. The fourth-order valence-corrected chi connectivity index (χ4v) is 1.77. The smallest absolute Gasteiger partial charge is 0.328 e. The highest BCUT2D eigenvalue weighted by Gasteiger charge is 2.15. The van der Waals surface area contributed by atoms with Crippen molar-refractivity contribution in [1.82, 2.24) is 14.5 Å². The van der Waals surface area contributed by atoms with E-state index in [1.807, 2.05) is 0 Å². The third-order valence-electron chi connectivity index (χ3n) is 2.88. The van der Waals surface area contributed by atoms with E-state index in [2.05, 4.69) is 15.3 Å². The fourth-order valence-electron chi connectivity index (χ4n) is 1.77. The first-order valence-electron chi connectivity index (χ1n) is 6.14. The zero-order chi connectivity index (χ0) is 15.6. The molecule has 0 saturated heterocycles. The molecule has 0 spiro atoms. The number of aromatic amines is 1. The van der Waals surface area contributed by atoms with Crippen molar-refractivity contribution in [3.8, 4) is 0 Å². The van der Waals surface area contributed by atoms with Crippen LogP contribution in [0.1, 0.15) is 10.4 Å². The SMILES string of the molecule is CN(C)c1ncccc1NC(=O)c1c[nH]c(=O)n(C)c1=O. The lowest BCUT2D eigenvalue weighted by atomic mass is 10.3. The van der Waals surface area contributed by atoms with Gasteiger partial charge in [-0.15, -0.1) is 0 Å². The molecule has 2 heterocycles. The van der Waals surface area contributed by atoms with Crippen LogP contribution in [0.15, 0.2) is 34.1 Å². The number of carbonyl (C=O) groups excluding carboxylic acids is 1. The molecule has 8 nitrogen and oxygen atoms in total. The fraction of sp³-hybridized carbons (Fsp3) is 0.231. The van der Waals surface area contributed by atoms with Crippen LogP contribution in [0.5, 0.6) is 0 Å². The highest BCUT2D eigenvalue weighted by atomic mass is 16.2. The van der Waals surface area contributed by atoms with Crippen molar-refractivity contribution in [2.75, 3.05) is 24.3 Å². The monoisotopic (exact) mass is 289 g/mol. The van der Waals surface area contributed by atoms with E-state index < -0.39 is 17.2 Å². The number of nitrogens with one attached hydrogen (secondary N) is 2. The molecule has 21 heavy (non-hydrogen) atoms. The Kier molecular flexibility index (Phi) is 3.88. The standard InChI is InChI=1S/C13H15N5O3/c1-17(2)10-9(5-4-6-14-10)16-11(19)8-7-15-13(21)18(3)12(8)20/h4-7H,1-3H3,(H,15,21)(H,16,19). The molecule has 0 aliphatic heterocycles. The van der Waals surface area contributed by atoms with Gasteiger partial charge in [-0.3, -0.25) is 14.2 Å². The first kappa shape index (κ1) is 14.5. The number of amides is 1. The maximum Gasteiger partial charge on any atom is 0.328 e. The lowest BCUT2D eigenvalue weighted by Gasteiger charge is -2.16. The molecule has 1 amide bonds. The first-order chi connectivity index (χ1) is 9.91.